The van der Waals surface area contributed by atoms with Crippen molar-refractivity contribution in [2.24, 2.45) is 0 Å². The number of para-hydroxylation sites is 1. The molecule has 1 unspecified atom stereocenters. The van der Waals surface area contributed by atoms with Crippen LogP contribution in [0.25, 0.3) is 0 Å². The highest BCUT2D eigenvalue weighted by molar-refractivity contribution is 7.99. The average Bonchev–Trinajstić information content (AvgIpc) is 3.15. The van der Waals surface area contributed by atoms with Crippen LogP contribution in [0.2, 0.25) is 0 Å². The van der Waals surface area contributed by atoms with Crippen LogP contribution in [0, 0.1) is 0 Å². The van der Waals surface area contributed by atoms with Gasteiger partial charge in [0.25, 0.3) is 5.91 Å². The van der Waals surface area contributed by atoms with E-state index in [1.54, 1.807) is 11.8 Å². The van der Waals surface area contributed by atoms with Gasteiger partial charge >= 0.3 is 0 Å². The number of rotatable bonds is 6. The van der Waals surface area contributed by atoms with Crippen LogP contribution in [-0.2, 0) is 11.2 Å². The van der Waals surface area contributed by atoms with E-state index in [2.05, 4.69) is 53.7 Å². The van der Waals surface area contributed by atoms with Gasteiger partial charge in [-0.1, -0.05) is 68.1 Å². The van der Waals surface area contributed by atoms with E-state index < -0.39 is 0 Å². The number of aryl methyl sites for hydroxylation is 1. The molecule has 3 aromatic rings. The number of amides is 1. The van der Waals surface area contributed by atoms with Gasteiger partial charge in [0.1, 0.15) is 6.04 Å². The summed E-state index contributed by atoms with van der Waals surface area (Å²) < 4.78 is 1.83. The van der Waals surface area contributed by atoms with Crippen molar-refractivity contribution < 1.29 is 4.79 Å². The van der Waals surface area contributed by atoms with Crippen molar-refractivity contribution in [2.75, 3.05) is 16.4 Å². The summed E-state index contributed by atoms with van der Waals surface area (Å²) in [6, 6.07) is 17.5. The second-order valence-electron chi connectivity index (χ2n) is 7.08. The molecular weight excluding hydrogens is 394 g/mol. The summed E-state index contributed by atoms with van der Waals surface area (Å²) in [5.74, 6) is 1.39. The van der Waals surface area contributed by atoms with Crippen LogP contribution < -0.4 is 10.6 Å². The van der Waals surface area contributed by atoms with Crippen LogP contribution in [-0.4, -0.2) is 26.4 Å². The van der Waals surface area contributed by atoms with Crippen LogP contribution in [0.3, 0.4) is 0 Å². The van der Waals surface area contributed by atoms with Crippen LogP contribution in [0.1, 0.15) is 37.9 Å². The molecule has 154 valence electrons. The molecule has 1 aromatic heterocycles. The van der Waals surface area contributed by atoms with Crippen molar-refractivity contribution in [3.05, 3.63) is 77.0 Å². The Kier molecular flexibility index (Phi) is 5.90. The number of carbonyl (C=O) groups is 1. The highest BCUT2D eigenvalue weighted by Crippen LogP contribution is 2.36. The van der Waals surface area contributed by atoms with Crippen molar-refractivity contribution in [2.45, 2.75) is 38.4 Å². The van der Waals surface area contributed by atoms with Gasteiger partial charge in [-0.25, -0.2) is 4.68 Å². The largest absolute Gasteiger partial charge is 0.328 e. The summed E-state index contributed by atoms with van der Waals surface area (Å²) in [5, 5.41) is 11.7. The fraction of sp³-hybridized carbons (Fsp3) is 0.261. The molecule has 2 aromatic carbocycles. The first-order chi connectivity index (χ1) is 14.6. The Labute approximate surface area is 180 Å². The number of allylic oxidation sites excluding steroid dienone is 1. The Morgan fingerprint density at radius 2 is 1.87 bits per heavy atom. The van der Waals surface area contributed by atoms with E-state index in [1.165, 1.54) is 5.56 Å². The lowest BCUT2D eigenvalue weighted by Crippen LogP contribution is -2.31. The molecule has 0 aliphatic carbocycles. The second kappa shape index (κ2) is 8.75. The minimum atomic E-state index is -0.352. The Morgan fingerprint density at radius 3 is 2.53 bits per heavy atom. The quantitative estimate of drug-likeness (QED) is 0.557. The number of nitrogens with one attached hydrogen (secondary N) is 2. The Morgan fingerprint density at radius 1 is 1.13 bits per heavy atom. The van der Waals surface area contributed by atoms with Gasteiger partial charge in [-0.2, -0.15) is 4.98 Å². The monoisotopic (exact) mass is 419 g/mol. The molecule has 4 rings (SSSR count). The Balaban J connectivity index is 1.77. The molecule has 0 saturated carbocycles. The van der Waals surface area contributed by atoms with Crippen molar-refractivity contribution in [3.63, 3.8) is 0 Å². The van der Waals surface area contributed by atoms with Gasteiger partial charge in [0, 0.05) is 11.4 Å². The lowest BCUT2D eigenvalue weighted by atomic mass is 9.94. The van der Waals surface area contributed by atoms with E-state index >= 15 is 0 Å². The fourth-order valence-electron chi connectivity index (χ4n) is 3.58. The summed E-state index contributed by atoms with van der Waals surface area (Å²) in [6.07, 6.45) is 0.967. The third-order valence-corrected chi connectivity index (χ3v) is 5.81. The van der Waals surface area contributed by atoms with Crippen LogP contribution in [0.4, 0.5) is 11.6 Å². The molecule has 0 saturated heterocycles. The van der Waals surface area contributed by atoms with E-state index in [0.29, 0.717) is 16.7 Å². The summed E-state index contributed by atoms with van der Waals surface area (Å²) >= 11 is 1.58. The average molecular weight is 420 g/mol. The zero-order valence-corrected chi connectivity index (χ0v) is 18.2. The number of benzene rings is 2. The van der Waals surface area contributed by atoms with Crippen molar-refractivity contribution in [1.29, 1.82) is 0 Å². The molecule has 2 N–H and O–H groups in total. The molecule has 6 nitrogen and oxygen atoms in total. The maximum absolute atomic E-state index is 13.4. The lowest BCUT2D eigenvalue weighted by molar-refractivity contribution is -0.113. The van der Waals surface area contributed by atoms with E-state index in [1.807, 2.05) is 41.9 Å². The lowest BCUT2D eigenvalue weighted by Gasteiger charge is -2.28. The molecular formula is C23H25N5OS. The third-order valence-electron chi connectivity index (χ3n) is 5.09. The van der Waals surface area contributed by atoms with Gasteiger partial charge < -0.3 is 10.6 Å². The standard InChI is InChI=1S/C23H25N5OS/c1-4-16-11-13-17(14-12-16)20-19(21(29)25-18-9-7-6-8-10-18)15(3)24-22-26-23(30-5-2)27-28(20)22/h6-14,20H,4-5H2,1-3H3,(H,25,29)(H,24,26,27). The number of hydrogen-bond donors (Lipinski definition) is 2. The molecule has 1 aliphatic rings. The summed E-state index contributed by atoms with van der Waals surface area (Å²) in [5.41, 5.74) is 4.43. The predicted molar refractivity (Wildman–Crippen MR) is 122 cm³/mol. The molecule has 0 fully saturated rings. The van der Waals surface area contributed by atoms with Gasteiger partial charge in [-0.3, -0.25) is 4.79 Å². The van der Waals surface area contributed by atoms with Gasteiger partial charge in [-0.05, 0) is 42.4 Å². The van der Waals surface area contributed by atoms with Crippen molar-refractivity contribution in [1.82, 2.24) is 14.8 Å². The molecule has 30 heavy (non-hydrogen) atoms. The second-order valence-corrected chi connectivity index (χ2v) is 8.31. The molecule has 2 heterocycles. The van der Waals surface area contributed by atoms with Gasteiger partial charge in [0.05, 0.1) is 5.57 Å². The smallest absolute Gasteiger partial charge is 0.255 e. The number of carbonyl (C=O) groups excluding carboxylic acids is 1. The summed E-state index contributed by atoms with van der Waals surface area (Å²) in [6.45, 7) is 6.12. The Bertz CT molecular complexity index is 1070. The van der Waals surface area contributed by atoms with Crippen molar-refractivity contribution in [3.8, 4) is 0 Å². The molecule has 0 spiro atoms. The molecule has 0 bridgehead atoms. The van der Waals surface area contributed by atoms with Gasteiger partial charge in [0.2, 0.25) is 11.1 Å². The van der Waals surface area contributed by atoms with E-state index in [0.717, 1.165) is 29.1 Å². The first-order valence-electron chi connectivity index (χ1n) is 10.1. The van der Waals surface area contributed by atoms with Gasteiger partial charge in [-0.15, -0.1) is 5.10 Å². The summed E-state index contributed by atoms with van der Waals surface area (Å²) in [7, 11) is 0. The number of fused-ring (bicyclic) bond motifs is 1. The topological polar surface area (TPSA) is 71.8 Å². The maximum Gasteiger partial charge on any atom is 0.255 e. The zero-order chi connectivity index (χ0) is 21.1. The van der Waals surface area contributed by atoms with E-state index in [9.17, 15) is 4.79 Å². The molecule has 1 aliphatic heterocycles. The normalized spacial score (nSPS) is 15.5. The maximum atomic E-state index is 13.4. The van der Waals surface area contributed by atoms with E-state index in [4.69, 9.17) is 5.10 Å². The number of anilines is 2. The SMILES string of the molecule is CCSc1nc2n(n1)C(c1ccc(CC)cc1)C(C(=O)Nc1ccccc1)=C(C)N2. The number of nitrogens with zero attached hydrogens (tertiary/aromatic N) is 3. The zero-order valence-electron chi connectivity index (χ0n) is 17.3. The number of aromatic nitrogens is 3. The molecule has 1 atom stereocenters. The summed E-state index contributed by atoms with van der Waals surface area (Å²) in [4.78, 5) is 18.0. The number of hydrogen-bond acceptors (Lipinski definition) is 5. The first-order valence-corrected chi connectivity index (χ1v) is 11.1. The highest BCUT2D eigenvalue weighted by Gasteiger charge is 2.34. The predicted octanol–water partition coefficient (Wildman–Crippen LogP) is 4.88. The molecule has 0 radical (unpaired) electrons. The van der Waals surface area contributed by atoms with Gasteiger partial charge in [0.15, 0.2) is 0 Å². The minimum Gasteiger partial charge on any atom is -0.328 e. The third kappa shape index (κ3) is 3.98. The van der Waals surface area contributed by atoms with Crippen LogP contribution in [0.5, 0.6) is 0 Å². The van der Waals surface area contributed by atoms with Crippen LogP contribution >= 0.6 is 11.8 Å². The first kappa shape index (κ1) is 20.2. The van der Waals surface area contributed by atoms with Crippen molar-refractivity contribution >= 4 is 29.3 Å². The van der Waals surface area contributed by atoms with E-state index in [-0.39, 0.29) is 11.9 Å². The number of thioether (sulfide) groups is 1. The molecule has 7 heteroatoms. The Hall–Kier alpha value is -3.06. The molecule has 1 amide bonds. The minimum absolute atomic E-state index is 0.151. The fourth-order valence-corrected chi connectivity index (χ4v) is 4.13. The highest BCUT2D eigenvalue weighted by atomic mass is 32.2. The van der Waals surface area contributed by atoms with Crippen LogP contribution in [0.15, 0.2) is 71.0 Å².